The third-order valence-corrected chi connectivity index (χ3v) is 2.06. The van der Waals surface area contributed by atoms with E-state index in [4.69, 9.17) is 15.7 Å². The first-order chi connectivity index (χ1) is 7.17. The second-order valence-electron chi connectivity index (χ2n) is 3.06. The first-order valence-corrected chi connectivity index (χ1v) is 4.52. The van der Waals surface area contributed by atoms with Crippen LogP contribution >= 0.6 is 0 Å². The van der Waals surface area contributed by atoms with Gasteiger partial charge < -0.3 is 15.3 Å². The molecule has 1 rings (SSSR count). The van der Waals surface area contributed by atoms with Crippen LogP contribution in [0.5, 0.6) is 5.75 Å². The van der Waals surface area contributed by atoms with Crippen LogP contribution in [0.25, 0.3) is 0 Å². The van der Waals surface area contributed by atoms with Gasteiger partial charge in [-0.1, -0.05) is 0 Å². The molecule has 0 saturated carbocycles. The molecule has 5 heteroatoms. The highest BCUT2D eigenvalue weighted by Gasteiger charge is 2.06. The fourth-order valence-corrected chi connectivity index (χ4v) is 1.31. The molecule has 0 aliphatic rings. The van der Waals surface area contributed by atoms with Crippen molar-refractivity contribution in [1.29, 1.82) is 0 Å². The number of carbonyl (C=O) groups is 1. The van der Waals surface area contributed by atoms with Gasteiger partial charge in [0.1, 0.15) is 5.75 Å². The average Bonchev–Trinajstić information content (AvgIpc) is 2.25. The van der Waals surface area contributed by atoms with Gasteiger partial charge in [-0.15, -0.1) is 0 Å². The molecule has 0 aliphatic heterocycles. The van der Waals surface area contributed by atoms with Crippen LogP contribution in [-0.4, -0.2) is 18.2 Å². The Bertz CT molecular complexity index is 353. The van der Waals surface area contributed by atoms with E-state index in [0.29, 0.717) is 12.2 Å². The number of anilines is 1. The Balaban J connectivity index is 2.85. The van der Waals surface area contributed by atoms with Gasteiger partial charge in [0.25, 0.3) is 0 Å². The van der Waals surface area contributed by atoms with Crippen LogP contribution in [0.1, 0.15) is 12.0 Å². The third kappa shape index (κ3) is 3.14. The van der Waals surface area contributed by atoms with Gasteiger partial charge in [-0.25, -0.2) is 0 Å². The summed E-state index contributed by atoms with van der Waals surface area (Å²) in [5.74, 6) is 5.10. The first kappa shape index (κ1) is 11.3. The van der Waals surface area contributed by atoms with Gasteiger partial charge in [0, 0.05) is 12.1 Å². The predicted molar refractivity (Wildman–Crippen MR) is 56.8 cm³/mol. The number of methoxy groups -OCH3 is 1. The summed E-state index contributed by atoms with van der Waals surface area (Å²) in [4.78, 5) is 10.4. The Labute approximate surface area is 87.8 Å². The molecule has 0 atom stereocenters. The molecule has 0 aliphatic carbocycles. The summed E-state index contributed by atoms with van der Waals surface area (Å²) in [5, 5.41) is 8.58. The fraction of sp³-hybridized carbons (Fsp3) is 0.300. The topological polar surface area (TPSA) is 84.6 Å². The van der Waals surface area contributed by atoms with E-state index in [1.807, 2.05) is 0 Å². The molecule has 0 fully saturated rings. The van der Waals surface area contributed by atoms with Crippen molar-refractivity contribution in [2.75, 3.05) is 12.5 Å². The van der Waals surface area contributed by atoms with E-state index in [0.717, 1.165) is 11.3 Å². The van der Waals surface area contributed by atoms with Crippen molar-refractivity contribution in [3.63, 3.8) is 0 Å². The Morgan fingerprint density at radius 3 is 2.87 bits per heavy atom. The lowest BCUT2D eigenvalue weighted by molar-refractivity contribution is -0.136. The lowest BCUT2D eigenvalue weighted by atomic mass is 10.1. The number of benzene rings is 1. The van der Waals surface area contributed by atoms with Crippen LogP contribution in [-0.2, 0) is 11.2 Å². The summed E-state index contributed by atoms with van der Waals surface area (Å²) in [6.07, 6.45) is 0.498. The van der Waals surface area contributed by atoms with E-state index < -0.39 is 5.97 Å². The smallest absolute Gasteiger partial charge is 0.303 e. The van der Waals surface area contributed by atoms with E-state index in [9.17, 15) is 4.79 Å². The predicted octanol–water partition coefficient (Wildman–Crippen LogP) is 0.998. The number of carboxylic acid groups (broad SMARTS) is 1. The molecule has 0 heterocycles. The quantitative estimate of drug-likeness (QED) is 0.498. The monoisotopic (exact) mass is 210 g/mol. The van der Waals surface area contributed by atoms with E-state index >= 15 is 0 Å². The van der Waals surface area contributed by atoms with Gasteiger partial charge in [-0.05, 0) is 30.2 Å². The minimum atomic E-state index is -0.830. The Morgan fingerprint density at radius 2 is 2.33 bits per heavy atom. The van der Waals surface area contributed by atoms with Gasteiger partial charge in [-0.3, -0.25) is 10.6 Å². The van der Waals surface area contributed by atoms with Gasteiger partial charge in [0.05, 0.1) is 7.11 Å². The zero-order valence-corrected chi connectivity index (χ0v) is 8.49. The van der Waals surface area contributed by atoms with Crippen molar-refractivity contribution in [1.82, 2.24) is 0 Å². The lowest BCUT2D eigenvalue weighted by Crippen LogP contribution is -2.07. The summed E-state index contributed by atoms with van der Waals surface area (Å²) in [6.45, 7) is 0. The third-order valence-electron chi connectivity index (χ3n) is 2.06. The number of ether oxygens (including phenoxy) is 1. The van der Waals surface area contributed by atoms with Crippen molar-refractivity contribution in [3.05, 3.63) is 23.8 Å². The molecule has 4 N–H and O–H groups in total. The Hall–Kier alpha value is -1.75. The Kier molecular flexibility index (Phi) is 3.93. The molecule has 0 aromatic heterocycles. The number of aliphatic carboxylic acids is 1. The second kappa shape index (κ2) is 5.21. The number of aryl methyl sites for hydroxylation is 1. The number of nitrogens with two attached hydrogens (primary N) is 1. The zero-order chi connectivity index (χ0) is 11.3. The number of hydrazine groups is 1. The average molecular weight is 210 g/mol. The number of nitrogen functional groups attached to an aromatic ring is 1. The normalized spacial score (nSPS) is 9.73. The largest absolute Gasteiger partial charge is 0.496 e. The molecule has 1 aromatic carbocycles. The molecule has 5 nitrogen and oxygen atoms in total. The minimum Gasteiger partial charge on any atom is -0.496 e. The van der Waals surface area contributed by atoms with Crippen LogP contribution in [0.2, 0.25) is 0 Å². The number of hydrogen-bond acceptors (Lipinski definition) is 4. The van der Waals surface area contributed by atoms with Crippen LogP contribution < -0.4 is 16.0 Å². The van der Waals surface area contributed by atoms with E-state index in [-0.39, 0.29) is 6.42 Å². The highest BCUT2D eigenvalue weighted by atomic mass is 16.5. The molecule has 0 unspecified atom stereocenters. The zero-order valence-electron chi connectivity index (χ0n) is 8.49. The fourth-order valence-electron chi connectivity index (χ4n) is 1.31. The second-order valence-corrected chi connectivity index (χ2v) is 3.06. The van der Waals surface area contributed by atoms with Crippen LogP contribution in [0.3, 0.4) is 0 Å². The molecule has 0 saturated heterocycles. The minimum absolute atomic E-state index is 0.0738. The molecule has 82 valence electrons. The first-order valence-electron chi connectivity index (χ1n) is 4.52. The molecular weight excluding hydrogens is 196 g/mol. The van der Waals surface area contributed by atoms with E-state index in [2.05, 4.69) is 5.43 Å². The maximum atomic E-state index is 10.4. The maximum Gasteiger partial charge on any atom is 0.303 e. The van der Waals surface area contributed by atoms with Crippen molar-refractivity contribution in [2.24, 2.45) is 5.84 Å². The Morgan fingerprint density at radius 1 is 1.60 bits per heavy atom. The number of carboxylic acids is 1. The molecule has 0 amide bonds. The summed E-state index contributed by atoms with van der Waals surface area (Å²) < 4.78 is 5.12. The summed E-state index contributed by atoms with van der Waals surface area (Å²) in [5.41, 5.74) is 4.06. The highest BCUT2D eigenvalue weighted by molar-refractivity contribution is 5.67. The number of nitrogens with one attached hydrogen (secondary N) is 1. The molecule has 0 spiro atoms. The van der Waals surface area contributed by atoms with Crippen molar-refractivity contribution in [2.45, 2.75) is 12.8 Å². The van der Waals surface area contributed by atoms with Gasteiger partial charge in [0.15, 0.2) is 0 Å². The number of rotatable bonds is 5. The summed E-state index contributed by atoms with van der Waals surface area (Å²) in [6, 6.07) is 5.30. The maximum absolute atomic E-state index is 10.4. The van der Waals surface area contributed by atoms with Crippen molar-refractivity contribution < 1.29 is 14.6 Å². The molecular formula is C10H14N2O3. The van der Waals surface area contributed by atoms with Crippen LogP contribution in [0.4, 0.5) is 5.69 Å². The molecule has 15 heavy (non-hydrogen) atoms. The van der Waals surface area contributed by atoms with Gasteiger partial charge >= 0.3 is 5.97 Å². The van der Waals surface area contributed by atoms with Gasteiger partial charge in [-0.2, -0.15) is 0 Å². The van der Waals surface area contributed by atoms with Crippen LogP contribution in [0.15, 0.2) is 18.2 Å². The molecule has 1 aromatic rings. The summed E-state index contributed by atoms with van der Waals surface area (Å²) >= 11 is 0. The summed E-state index contributed by atoms with van der Waals surface area (Å²) in [7, 11) is 1.55. The number of hydrogen-bond donors (Lipinski definition) is 3. The molecule has 0 radical (unpaired) electrons. The van der Waals surface area contributed by atoms with Crippen molar-refractivity contribution in [3.8, 4) is 5.75 Å². The SMILES string of the molecule is COc1ccc(NN)cc1CCC(=O)O. The van der Waals surface area contributed by atoms with E-state index in [1.165, 1.54) is 0 Å². The van der Waals surface area contributed by atoms with Crippen molar-refractivity contribution >= 4 is 11.7 Å². The molecule has 0 bridgehead atoms. The highest BCUT2D eigenvalue weighted by Crippen LogP contribution is 2.23. The lowest BCUT2D eigenvalue weighted by Gasteiger charge is -2.09. The standard InChI is InChI=1S/C10H14N2O3/c1-15-9-4-3-8(12-11)6-7(9)2-5-10(13)14/h3-4,6,12H,2,5,11H2,1H3,(H,13,14). The van der Waals surface area contributed by atoms with E-state index in [1.54, 1.807) is 25.3 Å². The van der Waals surface area contributed by atoms with Crippen LogP contribution in [0, 0.1) is 0 Å². The van der Waals surface area contributed by atoms with Gasteiger partial charge in [0.2, 0.25) is 0 Å².